The van der Waals surface area contributed by atoms with E-state index in [1.165, 1.54) is 12.1 Å². The van der Waals surface area contributed by atoms with Crippen LogP contribution < -0.4 is 10.1 Å². The smallest absolute Gasteiger partial charge is 0.275 e. The zero-order valence-corrected chi connectivity index (χ0v) is 11.3. The molecule has 0 aliphatic heterocycles. The van der Waals surface area contributed by atoms with Crippen molar-refractivity contribution in [1.82, 2.24) is 5.16 Å². The van der Waals surface area contributed by atoms with Gasteiger partial charge in [0.15, 0.2) is 5.76 Å². The van der Waals surface area contributed by atoms with E-state index in [1.54, 1.807) is 12.1 Å². The zero-order valence-electron chi connectivity index (χ0n) is 11.3. The van der Waals surface area contributed by atoms with Gasteiger partial charge in [-0.15, -0.1) is 0 Å². The molecule has 1 aromatic carbocycles. The molecule has 0 unspecified atom stereocenters. The van der Waals surface area contributed by atoms with E-state index in [2.05, 4.69) is 10.5 Å². The Hall–Kier alpha value is -2.57. The molecule has 0 spiro atoms. The summed E-state index contributed by atoms with van der Waals surface area (Å²) in [5, 5.41) is 17.7. The quantitative estimate of drug-likeness (QED) is 0.645. The summed E-state index contributed by atoms with van der Waals surface area (Å²) in [4.78, 5) is 10.4. The monoisotopic (exact) mass is 277 g/mol. The number of nitro benzene ring substituents is 1. The van der Waals surface area contributed by atoms with E-state index in [-0.39, 0.29) is 5.69 Å². The van der Waals surface area contributed by atoms with Gasteiger partial charge in [0.1, 0.15) is 5.75 Å². The van der Waals surface area contributed by atoms with E-state index in [0.29, 0.717) is 30.3 Å². The molecule has 0 radical (unpaired) electrons. The summed E-state index contributed by atoms with van der Waals surface area (Å²) in [6.07, 6.45) is 0. The van der Waals surface area contributed by atoms with Crippen molar-refractivity contribution in [3.8, 4) is 5.75 Å². The van der Waals surface area contributed by atoms with Crippen LogP contribution in [0, 0.1) is 17.0 Å². The van der Waals surface area contributed by atoms with E-state index < -0.39 is 4.92 Å². The number of anilines is 1. The summed E-state index contributed by atoms with van der Waals surface area (Å²) < 4.78 is 10.4. The number of hydrogen-bond donors (Lipinski definition) is 1. The van der Waals surface area contributed by atoms with Crippen molar-refractivity contribution in [1.29, 1.82) is 0 Å². The van der Waals surface area contributed by atoms with Gasteiger partial charge in [0.2, 0.25) is 0 Å². The molecule has 0 atom stereocenters. The third kappa shape index (κ3) is 3.47. The van der Waals surface area contributed by atoms with Crippen LogP contribution >= 0.6 is 0 Å². The number of nitro groups is 1. The minimum Gasteiger partial charge on any atom is -0.494 e. The van der Waals surface area contributed by atoms with Gasteiger partial charge >= 0.3 is 0 Å². The second-order valence-electron chi connectivity index (χ2n) is 4.19. The first-order valence-corrected chi connectivity index (χ1v) is 6.17. The van der Waals surface area contributed by atoms with Crippen LogP contribution in [0.2, 0.25) is 0 Å². The first kappa shape index (κ1) is 13.9. The second kappa shape index (κ2) is 6.05. The summed E-state index contributed by atoms with van der Waals surface area (Å²) in [5.41, 5.74) is 1.36. The van der Waals surface area contributed by atoms with Crippen molar-refractivity contribution in [2.24, 2.45) is 0 Å². The van der Waals surface area contributed by atoms with Crippen LogP contribution in [0.25, 0.3) is 0 Å². The molecule has 7 nitrogen and oxygen atoms in total. The van der Waals surface area contributed by atoms with E-state index >= 15 is 0 Å². The van der Waals surface area contributed by atoms with Crippen molar-refractivity contribution in [2.75, 3.05) is 11.9 Å². The van der Waals surface area contributed by atoms with Crippen LogP contribution in [-0.4, -0.2) is 16.7 Å². The van der Waals surface area contributed by atoms with Gasteiger partial charge in [0.25, 0.3) is 5.69 Å². The fourth-order valence-corrected chi connectivity index (χ4v) is 1.73. The Kier molecular flexibility index (Phi) is 4.19. The highest BCUT2D eigenvalue weighted by Crippen LogP contribution is 2.26. The maximum atomic E-state index is 10.9. The van der Waals surface area contributed by atoms with Crippen molar-refractivity contribution in [3.05, 3.63) is 45.8 Å². The number of benzene rings is 1. The average Bonchev–Trinajstić information content (AvgIpc) is 2.82. The summed E-state index contributed by atoms with van der Waals surface area (Å²) >= 11 is 0. The molecule has 0 bridgehead atoms. The Bertz CT molecular complexity index is 609. The maximum absolute atomic E-state index is 10.9. The number of ether oxygens (including phenoxy) is 1. The lowest BCUT2D eigenvalue weighted by molar-refractivity contribution is -0.384. The topological polar surface area (TPSA) is 90.4 Å². The summed E-state index contributed by atoms with van der Waals surface area (Å²) in [6.45, 7) is 4.49. The van der Waals surface area contributed by atoms with Gasteiger partial charge < -0.3 is 14.6 Å². The molecule has 1 aromatic heterocycles. The largest absolute Gasteiger partial charge is 0.494 e. The molecule has 106 valence electrons. The van der Waals surface area contributed by atoms with E-state index in [4.69, 9.17) is 9.26 Å². The molecule has 0 aliphatic carbocycles. The number of nitrogens with zero attached hydrogens (tertiary/aromatic N) is 2. The minimum atomic E-state index is -0.452. The number of hydrogen-bond acceptors (Lipinski definition) is 6. The van der Waals surface area contributed by atoms with Gasteiger partial charge in [-0.1, -0.05) is 5.16 Å². The molecular formula is C13H15N3O4. The molecule has 0 aliphatic rings. The van der Waals surface area contributed by atoms with Gasteiger partial charge in [-0.25, -0.2) is 0 Å². The molecular weight excluding hydrogens is 262 g/mol. The van der Waals surface area contributed by atoms with E-state index in [1.807, 2.05) is 13.8 Å². The van der Waals surface area contributed by atoms with Crippen LogP contribution in [0.1, 0.15) is 18.4 Å². The van der Waals surface area contributed by atoms with Crippen molar-refractivity contribution >= 4 is 11.4 Å². The Morgan fingerprint density at radius 2 is 2.20 bits per heavy atom. The third-order valence-corrected chi connectivity index (χ3v) is 2.56. The first-order chi connectivity index (χ1) is 9.58. The zero-order chi connectivity index (χ0) is 14.5. The number of aryl methyl sites for hydroxylation is 1. The van der Waals surface area contributed by atoms with Crippen LogP contribution in [0.15, 0.2) is 28.8 Å². The Labute approximate surface area is 115 Å². The Balaban J connectivity index is 2.15. The minimum absolute atomic E-state index is 0.0211. The van der Waals surface area contributed by atoms with Crippen LogP contribution in [-0.2, 0) is 6.54 Å². The van der Waals surface area contributed by atoms with Crippen molar-refractivity contribution < 1.29 is 14.2 Å². The number of rotatable bonds is 6. The molecule has 0 saturated heterocycles. The van der Waals surface area contributed by atoms with Gasteiger partial charge in [-0.05, 0) is 13.8 Å². The highest BCUT2D eigenvalue weighted by Gasteiger charge is 2.11. The molecule has 0 fully saturated rings. The number of nitrogens with one attached hydrogen (secondary N) is 1. The summed E-state index contributed by atoms with van der Waals surface area (Å²) in [5.74, 6) is 1.12. The predicted molar refractivity (Wildman–Crippen MR) is 72.8 cm³/mol. The van der Waals surface area contributed by atoms with Crippen molar-refractivity contribution in [2.45, 2.75) is 20.4 Å². The fraction of sp³-hybridized carbons (Fsp3) is 0.308. The van der Waals surface area contributed by atoms with E-state index in [0.717, 1.165) is 5.69 Å². The normalized spacial score (nSPS) is 10.3. The molecule has 20 heavy (non-hydrogen) atoms. The lowest BCUT2D eigenvalue weighted by Crippen LogP contribution is -2.01. The lowest BCUT2D eigenvalue weighted by Gasteiger charge is -2.08. The molecule has 0 saturated carbocycles. The SMILES string of the molecule is CCOc1cc(NCc2cc(C)no2)cc([N+](=O)[O-])c1. The van der Waals surface area contributed by atoms with Crippen LogP contribution in [0.3, 0.4) is 0 Å². The second-order valence-corrected chi connectivity index (χ2v) is 4.19. The molecule has 0 amide bonds. The number of aromatic nitrogens is 1. The summed E-state index contributed by atoms with van der Waals surface area (Å²) in [6, 6.07) is 6.35. The van der Waals surface area contributed by atoms with Gasteiger partial charge in [-0.2, -0.15) is 0 Å². The predicted octanol–water partition coefficient (Wildman–Crippen LogP) is 2.90. The molecule has 1 heterocycles. The molecule has 7 heteroatoms. The van der Waals surface area contributed by atoms with Crippen molar-refractivity contribution in [3.63, 3.8) is 0 Å². The Morgan fingerprint density at radius 3 is 2.80 bits per heavy atom. The highest BCUT2D eigenvalue weighted by atomic mass is 16.6. The Morgan fingerprint density at radius 1 is 1.40 bits per heavy atom. The highest BCUT2D eigenvalue weighted by molar-refractivity contribution is 5.56. The van der Waals surface area contributed by atoms with Gasteiger partial charge in [0, 0.05) is 23.9 Å². The molecule has 2 aromatic rings. The first-order valence-electron chi connectivity index (χ1n) is 6.17. The molecule has 1 N–H and O–H groups in total. The fourth-order valence-electron chi connectivity index (χ4n) is 1.73. The van der Waals surface area contributed by atoms with E-state index in [9.17, 15) is 10.1 Å². The third-order valence-electron chi connectivity index (χ3n) is 2.56. The molecule has 2 rings (SSSR count). The maximum Gasteiger partial charge on any atom is 0.275 e. The van der Waals surface area contributed by atoms with Crippen LogP contribution in [0.5, 0.6) is 5.75 Å². The van der Waals surface area contributed by atoms with Gasteiger partial charge in [-0.3, -0.25) is 10.1 Å². The average molecular weight is 277 g/mol. The summed E-state index contributed by atoms with van der Waals surface area (Å²) in [7, 11) is 0. The lowest BCUT2D eigenvalue weighted by atomic mass is 10.2. The standard InChI is InChI=1S/C13H15N3O4/c1-3-19-12-6-10(5-11(7-12)16(17)18)14-8-13-4-9(2)15-20-13/h4-7,14H,3,8H2,1-2H3. The number of non-ortho nitro benzene ring substituents is 1. The van der Waals surface area contributed by atoms with Gasteiger partial charge in [0.05, 0.1) is 29.8 Å². The van der Waals surface area contributed by atoms with Crippen LogP contribution in [0.4, 0.5) is 11.4 Å².